The van der Waals surface area contributed by atoms with Crippen molar-refractivity contribution in [2.45, 2.75) is 0 Å². The molecule has 0 radical (unpaired) electrons. The number of aromatic nitrogens is 2. The smallest absolute Gasteiger partial charge is 0.252 e. The highest BCUT2D eigenvalue weighted by Gasteiger charge is 2.13. The molecule has 0 saturated carbocycles. The van der Waals surface area contributed by atoms with Gasteiger partial charge in [-0.15, -0.1) is 0 Å². The SMILES string of the molecule is NC(=O)c1cnn2cc(Br)cc(O)c12. The van der Waals surface area contributed by atoms with Crippen LogP contribution in [0, 0.1) is 0 Å². The van der Waals surface area contributed by atoms with Crippen LogP contribution < -0.4 is 5.73 Å². The van der Waals surface area contributed by atoms with Crippen LogP contribution in [0.25, 0.3) is 5.52 Å². The monoisotopic (exact) mass is 255 g/mol. The van der Waals surface area contributed by atoms with Gasteiger partial charge in [0.25, 0.3) is 5.91 Å². The summed E-state index contributed by atoms with van der Waals surface area (Å²) < 4.78 is 2.06. The molecule has 0 spiro atoms. The summed E-state index contributed by atoms with van der Waals surface area (Å²) in [5, 5.41) is 13.5. The highest BCUT2D eigenvalue weighted by atomic mass is 79.9. The van der Waals surface area contributed by atoms with E-state index in [0.29, 0.717) is 9.99 Å². The largest absolute Gasteiger partial charge is 0.506 e. The van der Waals surface area contributed by atoms with E-state index in [1.807, 2.05) is 0 Å². The molecule has 5 nitrogen and oxygen atoms in total. The first kappa shape index (κ1) is 9.01. The highest BCUT2D eigenvalue weighted by Crippen LogP contribution is 2.25. The van der Waals surface area contributed by atoms with Crippen LogP contribution in [0.5, 0.6) is 5.75 Å². The van der Waals surface area contributed by atoms with Crippen LogP contribution in [0.4, 0.5) is 0 Å². The molecule has 0 saturated heterocycles. The van der Waals surface area contributed by atoms with Crippen molar-refractivity contribution in [1.29, 1.82) is 0 Å². The Hall–Kier alpha value is -1.56. The van der Waals surface area contributed by atoms with Crippen molar-refractivity contribution >= 4 is 27.4 Å². The van der Waals surface area contributed by atoms with Gasteiger partial charge >= 0.3 is 0 Å². The highest BCUT2D eigenvalue weighted by molar-refractivity contribution is 9.10. The van der Waals surface area contributed by atoms with Crippen molar-refractivity contribution in [3.63, 3.8) is 0 Å². The van der Waals surface area contributed by atoms with Crippen LogP contribution in [0.1, 0.15) is 10.4 Å². The van der Waals surface area contributed by atoms with Crippen molar-refractivity contribution in [2.24, 2.45) is 5.73 Å². The third-order valence-corrected chi connectivity index (χ3v) is 2.26. The number of halogens is 1. The Kier molecular flexibility index (Phi) is 1.92. The Labute approximate surface area is 87.3 Å². The van der Waals surface area contributed by atoms with Gasteiger partial charge < -0.3 is 10.8 Å². The van der Waals surface area contributed by atoms with Gasteiger partial charge in [-0.2, -0.15) is 5.10 Å². The number of nitrogens with zero attached hydrogens (tertiary/aromatic N) is 2. The minimum atomic E-state index is -0.613. The zero-order valence-electron chi connectivity index (χ0n) is 6.94. The molecule has 0 fully saturated rings. The molecule has 3 N–H and O–H groups in total. The standard InChI is InChI=1S/C8H6BrN3O2/c9-4-1-6(13)7-5(8(10)14)2-11-12(7)3-4/h1-3,13H,(H2,10,14). The Morgan fingerprint density at radius 3 is 3.00 bits per heavy atom. The van der Waals surface area contributed by atoms with Crippen molar-refractivity contribution in [1.82, 2.24) is 9.61 Å². The van der Waals surface area contributed by atoms with Crippen LogP contribution in [0.2, 0.25) is 0 Å². The second-order valence-corrected chi connectivity index (χ2v) is 3.67. The zero-order chi connectivity index (χ0) is 10.3. The Morgan fingerprint density at radius 1 is 1.64 bits per heavy atom. The molecule has 2 heterocycles. The maximum atomic E-state index is 11.0. The van der Waals surface area contributed by atoms with Gasteiger partial charge in [0, 0.05) is 10.7 Å². The third-order valence-electron chi connectivity index (χ3n) is 1.82. The number of aromatic hydroxyl groups is 1. The molecule has 0 aliphatic rings. The van der Waals surface area contributed by atoms with E-state index in [9.17, 15) is 9.90 Å². The number of primary amides is 1. The summed E-state index contributed by atoms with van der Waals surface area (Å²) in [6, 6.07) is 1.48. The quantitative estimate of drug-likeness (QED) is 0.795. The lowest BCUT2D eigenvalue weighted by Gasteiger charge is -1.99. The van der Waals surface area contributed by atoms with Crippen LogP contribution in [-0.4, -0.2) is 20.6 Å². The molecule has 2 aromatic rings. The van der Waals surface area contributed by atoms with Crippen molar-refractivity contribution in [3.05, 3.63) is 28.5 Å². The van der Waals surface area contributed by atoms with Gasteiger partial charge in [0.15, 0.2) is 0 Å². The van der Waals surface area contributed by atoms with Gasteiger partial charge in [-0.25, -0.2) is 4.52 Å². The molecule has 6 heteroatoms. The van der Waals surface area contributed by atoms with Crippen LogP contribution in [0.3, 0.4) is 0 Å². The predicted octanol–water partition coefficient (Wildman–Crippen LogP) is 0.901. The first-order valence-electron chi connectivity index (χ1n) is 3.75. The number of pyridine rings is 1. The second kappa shape index (κ2) is 2.98. The minimum Gasteiger partial charge on any atom is -0.506 e. The fourth-order valence-corrected chi connectivity index (χ4v) is 1.66. The molecule has 2 aromatic heterocycles. The van der Waals surface area contributed by atoms with Gasteiger partial charge in [0.2, 0.25) is 0 Å². The Morgan fingerprint density at radius 2 is 2.36 bits per heavy atom. The molecule has 1 amide bonds. The van der Waals surface area contributed by atoms with E-state index >= 15 is 0 Å². The summed E-state index contributed by atoms with van der Waals surface area (Å²) >= 11 is 3.19. The van der Waals surface area contributed by atoms with E-state index in [1.54, 1.807) is 6.20 Å². The predicted molar refractivity (Wildman–Crippen MR) is 53.1 cm³/mol. The topological polar surface area (TPSA) is 80.6 Å². The summed E-state index contributed by atoms with van der Waals surface area (Å²) in [4.78, 5) is 11.0. The molecule has 72 valence electrons. The first-order valence-corrected chi connectivity index (χ1v) is 4.54. The first-order chi connectivity index (χ1) is 6.59. The molecule has 0 aliphatic carbocycles. The fraction of sp³-hybridized carbons (Fsp3) is 0. The number of hydrogen-bond donors (Lipinski definition) is 2. The average molecular weight is 256 g/mol. The van der Waals surface area contributed by atoms with E-state index < -0.39 is 5.91 Å². The zero-order valence-corrected chi connectivity index (χ0v) is 8.52. The minimum absolute atomic E-state index is 0.0364. The van der Waals surface area contributed by atoms with Gasteiger partial charge in [-0.1, -0.05) is 0 Å². The maximum Gasteiger partial charge on any atom is 0.252 e. The lowest BCUT2D eigenvalue weighted by Crippen LogP contribution is -2.10. The van der Waals surface area contributed by atoms with Gasteiger partial charge in [-0.3, -0.25) is 4.79 Å². The van der Waals surface area contributed by atoms with Crippen molar-refractivity contribution in [3.8, 4) is 5.75 Å². The normalized spacial score (nSPS) is 10.6. The van der Waals surface area contributed by atoms with Crippen LogP contribution in [0.15, 0.2) is 22.9 Å². The summed E-state index contributed by atoms with van der Waals surface area (Å²) in [6.07, 6.45) is 2.95. The number of fused-ring (bicyclic) bond motifs is 1. The molecule has 14 heavy (non-hydrogen) atoms. The fourth-order valence-electron chi connectivity index (χ4n) is 1.25. The second-order valence-electron chi connectivity index (χ2n) is 2.76. The molecule has 0 aromatic carbocycles. The van der Waals surface area contributed by atoms with Gasteiger partial charge in [0.1, 0.15) is 11.3 Å². The number of amides is 1. The summed E-state index contributed by atoms with van der Waals surface area (Å²) in [5.41, 5.74) is 5.64. The number of rotatable bonds is 1. The Bertz CT molecular complexity index is 521. The molecule has 0 unspecified atom stereocenters. The molecular formula is C8H6BrN3O2. The third kappa shape index (κ3) is 1.24. The summed E-state index contributed by atoms with van der Waals surface area (Å²) in [6.45, 7) is 0. The van der Waals surface area contributed by atoms with E-state index in [-0.39, 0.29) is 11.3 Å². The summed E-state index contributed by atoms with van der Waals surface area (Å²) in [5.74, 6) is -0.650. The number of carbonyl (C=O) groups excluding carboxylic acids is 1. The van der Waals surface area contributed by atoms with Crippen LogP contribution in [-0.2, 0) is 0 Å². The lowest BCUT2D eigenvalue weighted by atomic mass is 10.2. The maximum absolute atomic E-state index is 11.0. The molecule has 2 rings (SSSR count). The molecule has 0 atom stereocenters. The van der Waals surface area contributed by atoms with Gasteiger partial charge in [-0.05, 0) is 22.0 Å². The lowest BCUT2D eigenvalue weighted by molar-refractivity contribution is 0.100. The van der Waals surface area contributed by atoms with E-state index in [4.69, 9.17) is 5.73 Å². The van der Waals surface area contributed by atoms with E-state index in [0.717, 1.165) is 0 Å². The van der Waals surface area contributed by atoms with Crippen molar-refractivity contribution < 1.29 is 9.90 Å². The summed E-state index contributed by atoms with van der Waals surface area (Å²) in [7, 11) is 0. The Balaban J connectivity index is 2.85. The number of hydrogen-bond acceptors (Lipinski definition) is 3. The number of carbonyl (C=O) groups is 1. The average Bonchev–Trinajstić information content (AvgIpc) is 2.47. The molecular weight excluding hydrogens is 250 g/mol. The van der Waals surface area contributed by atoms with Gasteiger partial charge in [0.05, 0.1) is 11.8 Å². The van der Waals surface area contributed by atoms with Crippen molar-refractivity contribution in [2.75, 3.05) is 0 Å². The van der Waals surface area contributed by atoms with E-state index in [1.165, 1.54) is 16.8 Å². The molecule has 0 aliphatic heterocycles. The number of nitrogens with two attached hydrogens (primary N) is 1. The van der Waals surface area contributed by atoms with Crippen LogP contribution >= 0.6 is 15.9 Å². The van der Waals surface area contributed by atoms with E-state index in [2.05, 4.69) is 21.0 Å². The molecule has 0 bridgehead atoms.